The number of halogens is 3. The molecule has 3 nitrogen and oxygen atoms in total. The summed E-state index contributed by atoms with van der Waals surface area (Å²) in [6.45, 7) is 1.84. The molecule has 0 saturated carbocycles. The normalized spacial score (nSPS) is 13.4. The molecule has 0 fully saturated rings. The molecular weight excluding hydrogens is 287 g/mol. The second-order valence-corrected chi connectivity index (χ2v) is 5.33. The Labute approximate surface area is 118 Å². The van der Waals surface area contributed by atoms with Crippen molar-refractivity contribution in [3.63, 3.8) is 0 Å². The summed E-state index contributed by atoms with van der Waals surface area (Å²) in [5, 5.41) is 2.61. The third-order valence-electron chi connectivity index (χ3n) is 2.89. The topological polar surface area (TPSA) is 50.9 Å². The van der Waals surface area contributed by atoms with Crippen molar-refractivity contribution in [1.29, 1.82) is 0 Å². The van der Waals surface area contributed by atoms with E-state index in [0.29, 0.717) is 6.42 Å². The van der Waals surface area contributed by atoms with Crippen molar-refractivity contribution in [2.45, 2.75) is 25.6 Å². The zero-order valence-corrected chi connectivity index (χ0v) is 11.6. The molecule has 108 valence electrons. The van der Waals surface area contributed by atoms with Crippen molar-refractivity contribution in [3.8, 4) is 0 Å². The molecule has 0 saturated heterocycles. The molecule has 0 bridgehead atoms. The first kappa shape index (κ1) is 15.0. The summed E-state index contributed by atoms with van der Waals surface area (Å²) in [5.41, 5.74) is 2.77. The van der Waals surface area contributed by atoms with E-state index in [2.05, 4.69) is 10.4 Å². The summed E-state index contributed by atoms with van der Waals surface area (Å²) in [6, 6.07) is 4.81. The fraction of sp³-hybridized carbons (Fsp3) is 0.308. The molecule has 1 aromatic heterocycles. The molecule has 0 aliphatic heterocycles. The predicted octanol–water partition coefficient (Wildman–Crippen LogP) is 3.22. The lowest BCUT2D eigenvalue weighted by atomic mass is 9.98. The Hall–Kier alpha value is -1.44. The fourth-order valence-electron chi connectivity index (χ4n) is 1.99. The summed E-state index contributed by atoms with van der Waals surface area (Å²) in [7, 11) is 0. The third-order valence-corrected chi connectivity index (χ3v) is 3.88. The van der Waals surface area contributed by atoms with E-state index in [1.807, 2.05) is 12.3 Å². The van der Waals surface area contributed by atoms with Crippen LogP contribution in [0.3, 0.4) is 0 Å². The van der Waals surface area contributed by atoms with E-state index in [0.717, 1.165) is 16.8 Å². The van der Waals surface area contributed by atoms with Gasteiger partial charge in [-0.2, -0.15) is 13.2 Å². The first-order valence-corrected chi connectivity index (χ1v) is 6.83. The maximum Gasteiger partial charge on any atom is 0.416 e. The quantitative estimate of drug-likeness (QED) is 0.673. The highest BCUT2D eigenvalue weighted by atomic mass is 32.1. The van der Waals surface area contributed by atoms with Crippen LogP contribution in [0.5, 0.6) is 0 Å². The Morgan fingerprint density at radius 2 is 2.05 bits per heavy atom. The number of rotatable bonds is 4. The molecule has 3 N–H and O–H groups in total. The first-order valence-electron chi connectivity index (χ1n) is 5.95. The van der Waals surface area contributed by atoms with Gasteiger partial charge in [0.2, 0.25) is 0 Å². The second kappa shape index (κ2) is 5.90. The highest BCUT2D eigenvalue weighted by molar-refractivity contribution is 7.09. The summed E-state index contributed by atoms with van der Waals surface area (Å²) >= 11 is 1.41. The number of nitrogens with one attached hydrogen (secondary N) is 1. The maximum atomic E-state index is 13.0. The lowest BCUT2D eigenvalue weighted by Crippen LogP contribution is -2.31. The summed E-state index contributed by atoms with van der Waals surface area (Å²) in [6.07, 6.45) is -4.08. The summed E-state index contributed by atoms with van der Waals surface area (Å²) in [4.78, 5) is 4.26. The van der Waals surface area contributed by atoms with Crippen molar-refractivity contribution in [2.75, 3.05) is 0 Å². The van der Waals surface area contributed by atoms with Crippen LogP contribution in [0.25, 0.3) is 0 Å². The SMILES string of the molecule is Cc1csc(CC(NN)c2ccccc2C(F)(F)F)n1. The first-order chi connectivity index (χ1) is 9.41. The Bertz CT molecular complexity index is 580. The number of alkyl halides is 3. The van der Waals surface area contributed by atoms with Gasteiger partial charge in [-0.25, -0.2) is 4.98 Å². The van der Waals surface area contributed by atoms with E-state index in [1.54, 1.807) is 6.07 Å². The van der Waals surface area contributed by atoms with Gasteiger partial charge in [-0.3, -0.25) is 11.3 Å². The smallest absolute Gasteiger partial charge is 0.271 e. The van der Waals surface area contributed by atoms with Crippen LogP contribution in [-0.2, 0) is 12.6 Å². The number of aromatic nitrogens is 1. The van der Waals surface area contributed by atoms with E-state index < -0.39 is 17.8 Å². The Morgan fingerprint density at radius 3 is 2.60 bits per heavy atom. The molecule has 0 spiro atoms. The molecule has 7 heteroatoms. The molecular formula is C13H14F3N3S. The van der Waals surface area contributed by atoms with Gasteiger partial charge in [0.15, 0.2) is 0 Å². The van der Waals surface area contributed by atoms with Crippen LogP contribution in [0, 0.1) is 6.92 Å². The van der Waals surface area contributed by atoms with Gasteiger partial charge in [0.05, 0.1) is 16.6 Å². The van der Waals surface area contributed by atoms with Crippen molar-refractivity contribution < 1.29 is 13.2 Å². The number of benzene rings is 1. The number of hydrazine groups is 1. The molecule has 0 amide bonds. The molecule has 1 unspecified atom stereocenters. The van der Waals surface area contributed by atoms with Crippen molar-refractivity contribution in [2.24, 2.45) is 5.84 Å². The zero-order valence-electron chi connectivity index (χ0n) is 10.7. The van der Waals surface area contributed by atoms with Crippen LogP contribution in [-0.4, -0.2) is 4.98 Å². The minimum absolute atomic E-state index is 0.135. The van der Waals surface area contributed by atoms with Crippen LogP contribution in [0.4, 0.5) is 13.2 Å². The largest absolute Gasteiger partial charge is 0.416 e. The van der Waals surface area contributed by atoms with Gasteiger partial charge in [0.1, 0.15) is 0 Å². The van der Waals surface area contributed by atoms with Gasteiger partial charge in [-0.05, 0) is 18.6 Å². The van der Waals surface area contributed by atoms with Crippen molar-refractivity contribution in [1.82, 2.24) is 10.4 Å². The fourth-order valence-corrected chi connectivity index (χ4v) is 2.81. The molecule has 0 aliphatic carbocycles. The summed E-state index contributed by atoms with van der Waals surface area (Å²) in [5.74, 6) is 5.43. The number of hydrogen-bond acceptors (Lipinski definition) is 4. The zero-order chi connectivity index (χ0) is 14.8. The van der Waals surface area contributed by atoms with Gasteiger partial charge >= 0.3 is 6.18 Å². The summed E-state index contributed by atoms with van der Waals surface area (Å²) < 4.78 is 39.0. The molecule has 1 heterocycles. The molecule has 20 heavy (non-hydrogen) atoms. The third kappa shape index (κ3) is 3.36. The second-order valence-electron chi connectivity index (χ2n) is 4.39. The monoisotopic (exact) mass is 301 g/mol. The van der Waals surface area contributed by atoms with E-state index >= 15 is 0 Å². The minimum Gasteiger partial charge on any atom is -0.271 e. The average Bonchev–Trinajstić information content (AvgIpc) is 2.80. The maximum absolute atomic E-state index is 13.0. The van der Waals surface area contributed by atoms with Crippen molar-refractivity contribution >= 4 is 11.3 Å². The van der Waals surface area contributed by atoms with Gasteiger partial charge in [0.25, 0.3) is 0 Å². The lowest BCUT2D eigenvalue weighted by molar-refractivity contribution is -0.138. The number of aryl methyl sites for hydroxylation is 1. The minimum atomic E-state index is -4.40. The molecule has 2 aromatic rings. The predicted molar refractivity (Wildman–Crippen MR) is 72.1 cm³/mol. The van der Waals surface area contributed by atoms with Crippen LogP contribution < -0.4 is 11.3 Å². The molecule has 1 atom stereocenters. The standard InChI is InChI=1S/C13H14F3N3S/c1-8-7-20-12(18-8)6-11(19-17)9-4-2-3-5-10(9)13(14,15)16/h2-5,7,11,19H,6,17H2,1H3. The van der Waals surface area contributed by atoms with E-state index in [9.17, 15) is 13.2 Å². The highest BCUT2D eigenvalue weighted by Gasteiger charge is 2.34. The highest BCUT2D eigenvalue weighted by Crippen LogP contribution is 2.35. The van der Waals surface area contributed by atoms with Gasteiger partial charge in [-0.1, -0.05) is 18.2 Å². The Balaban J connectivity index is 2.32. The van der Waals surface area contributed by atoms with Gasteiger partial charge < -0.3 is 0 Å². The Kier molecular flexibility index (Phi) is 4.42. The number of nitrogens with zero attached hydrogens (tertiary/aromatic N) is 1. The number of hydrogen-bond donors (Lipinski definition) is 2. The molecule has 1 aromatic carbocycles. The average molecular weight is 301 g/mol. The Morgan fingerprint density at radius 1 is 1.35 bits per heavy atom. The van der Waals surface area contributed by atoms with Gasteiger partial charge in [-0.15, -0.1) is 11.3 Å². The molecule has 2 rings (SSSR count). The van der Waals surface area contributed by atoms with E-state index in [-0.39, 0.29) is 5.56 Å². The number of thiazole rings is 1. The lowest BCUT2D eigenvalue weighted by Gasteiger charge is -2.20. The molecule has 0 aliphatic rings. The van der Waals surface area contributed by atoms with Gasteiger partial charge in [0, 0.05) is 17.5 Å². The van der Waals surface area contributed by atoms with Crippen LogP contribution >= 0.6 is 11.3 Å². The number of nitrogens with two attached hydrogens (primary N) is 1. The van der Waals surface area contributed by atoms with Crippen LogP contribution in [0.1, 0.15) is 27.9 Å². The van der Waals surface area contributed by atoms with Crippen LogP contribution in [0.2, 0.25) is 0 Å². The van der Waals surface area contributed by atoms with Crippen LogP contribution in [0.15, 0.2) is 29.6 Å². The molecule has 0 radical (unpaired) electrons. The van der Waals surface area contributed by atoms with E-state index in [1.165, 1.54) is 23.5 Å². The van der Waals surface area contributed by atoms with Crippen molar-refractivity contribution in [3.05, 3.63) is 51.5 Å². The van der Waals surface area contributed by atoms with E-state index in [4.69, 9.17) is 5.84 Å².